The van der Waals surface area contributed by atoms with Crippen LogP contribution in [0.2, 0.25) is 0 Å². The van der Waals surface area contributed by atoms with Crippen molar-refractivity contribution in [3.8, 4) is 0 Å². The topological polar surface area (TPSA) is 85.9 Å². The van der Waals surface area contributed by atoms with Gasteiger partial charge in [-0.3, -0.25) is 4.79 Å². The molecule has 2 atom stereocenters. The minimum absolute atomic E-state index is 0.0339. The third-order valence-corrected chi connectivity index (χ3v) is 6.94. The summed E-state index contributed by atoms with van der Waals surface area (Å²) in [5.74, 6) is 1.63. The first kappa shape index (κ1) is 20.1. The molecule has 7 nitrogen and oxygen atoms in total. The maximum absolute atomic E-state index is 13.3. The number of fused-ring (bicyclic) bond motifs is 1. The monoisotopic (exact) mass is 434 g/mol. The van der Waals surface area contributed by atoms with E-state index < -0.39 is 0 Å². The zero-order valence-electron chi connectivity index (χ0n) is 17.5. The predicted molar refractivity (Wildman–Crippen MR) is 125 cm³/mol. The third kappa shape index (κ3) is 4.05. The summed E-state index contributed by atoms with van der Waals surface area (Å²) in [4.78, 5) is 28.1. The zero-order chi connectivity index (χ0) is 21.2. The van der Waals surface area contributed by atoms with Crippen LogP contribution in [0.3, 0.4) is 0 Å². The molecule has 1 amide bonds. The van der Waals surface area contributed by atoms with Crippen LogP contribution in [0.4, 0.5) is 5.82 Å². The van der Waals surface area contributed by atoms with Crippen molar-refractivity contribution in [3.05, 3.63) is 65.1 Å². The number of carbonyl (C=O) groups excluding carboxylic acids is 1. The number of aromatic nitrogens is 3. The number of thioether (sulfide) groups is 1. The van der Waals surface area contributed by atoms with E-state index in [0.29, 0.717) is 4.91 Å². The van der Waals surface area contributed by atoms with Gasteiger partial charge in [-0.05, 0) is 37.4 Å². The van der Waals surface area contributed by atoms with E-state index in [9.17, 15) is 4.79 Å². The predicted octanol–water partition coefficient (Wildman–Crippen LogP) is 3.27. The van der Waals surface area contributed by atoms with Gasteiger partial charge in [0.2, 0.25) is 0 Å². The molecule has 0 saturated carbocycles. The van der Waals surface area contributed by atoms with Crippen molar-refractivity contribution >= 4 is 34.5 Å². The number of anilines is 1. The van der Waals surface area contributed by atoms with Crippen molar-refractivity contribution in [3.63, 3.8) is 0 Å². The highest BCUT2D eigenvalue weighted by molar-refractivity contribution is 8.04. The second-order valence-corrected chi connectivity index (χ2v) is 9.13. The molecule has 2 aromatic heterocycles. The molecule has 1 saturated heterocycles. The SMILES string of the molecule is Cc1c[nH]c2ncnc(N3C=C(C(=O)NC(c4ccccc4)[C@H]4CCCN4)SCC3)c12. The van der Waals surface area contributed by atoms with E-state index in [-0.39, 0.29) is 18.0 Å². The smallest absolute Gasteiger partial charge is 0.259 e. The summed E-state index contributed by atoms with van der Waals surface area (Å²) in [6, 6.07) is 10.4. The van der Waals surface area contributed by atoms with Crippen LogP contribution in [0, 0.1) is 6.92 Å². The average molecular weight is 435 g/mol. The molecule has 160 valence electrons. The lowest BCUT2D eigenvalue weighted by molar-refractivity contribution is -0.117. The van der Waals surface area contributed by atoms with Gasteiger partial charge in [-0.15, -0.1) is 11.8 Å². The van der Waals surface area contributed by atoms with Crippen LogP contribution >= 0.6 is 11.8 Å². The molecular formula is C23H26N6OS. The van der Waals surface area contributed by atoms with Crippen molar-refractivity contribution in [2.75, 3.05) is 23.7 Å². The molecule has 2 aliphatic rings. The van der Waals surface area contributed by atoms with E-state index in [2.05, 4.69) is 42.6 Å². The molecule has 0 radical (unpaired) electrons. The number of hydrogen-bond acceptors (Lipinski definition) is 6. The van der Waals surface area contributed by atoms with E-state index in [1.54, 1.807) is 18.1 Å². The highest BCUT2D eigenvalue weighted by Crippen LogP contribution is 2.31. The maximum atomic E-state index is 13.3. The van der Waals surface area contributed by atoms with Gasteiger partial charge < -0.3 is 20.5 Å². The number of hydrogen-bond donors (Lipinski definition) is 3. The van der Waals surface area contributed by atoms with Gasteiger partial charge in [0.05, 0.1) is 16.3 Å². The Bertz CT molecular complexity index is 1110. The Morgan fingerprint density at radius 3 is 2.97 bits per heavy atom. The van der Waals surface area contributed by atoms with Crippen molar-refractivity contribution in [2.45, 2.75) is 31.8 Å². The first-order valence-electron chi connectivity index (χ1n) is 10.7. The van der Waals surface area contributed by atoms with E-state index in [4.69, 9.17) is 0 Å². The molecular weight excluding hydrogens is 408 g/mol. The Morgan fingerprint density at radius 2 is 2.16 bits per heavy atom. The Morgan fingerprint density at radius 1 is 1.29 bits per heavy atom. The number of benzene rings is 1. The number of aromatic amines is 1. The lowest BCUT2D eigenvalue weighted by atomic mass is 9.98. The number of amides is 1. The molecule has 3 aromatic rings. The van der Waals surface area contributed by atoms with Crippen LogP contribution in [-0.2, 0) is 4.79 Å². The summed E-state index contributed by atoms with van der Waals surface area (Å²) in [5, 5.41) is 7.86. The summed E-state index contributed by atoms with van der Waals surface area (Å²) in [7, 11) is 0. The minimum Gasteiger partial charge on any atom is -0.346 e. The summed E-state index contributed by atoms with van der Waals surface area (Å²) in [5.41, 5.74) is 3.05. The van der Waals surface area contributed by atoms with Crippen LogP contribution in [0.1, 0.15) is 30.0 Å². The third-order valence-electron chi connectivity index (χ3n) is 5.95. The van der Waals surface area contributed by atoms with Crippen LogP contribution in [0.5, 0.6) is 0 Å². The van der Waals surface area contributed by atoms with Crippen LogP contribution in [0.15, 0.2) is 54.0 Å². The first-order valence-corrected chi connectivity index (χ1v) is 11.7. The van der Waals surface area contributed by atoms with Gasteiger partial charge in [0, 0.05) is 30.7 Å². The second-order valence-electron chi connectivity index (χ2n) is 7.99. The highest BCUT2D eigenvalue weighted by atomic mass is 32.2. The Hall–Kier alpha value is -2.84. The van der Waals surface area contributed by atoms with E-state index >= 15 is 0 Å². The molecule has 3 N–H and O–H groups in total. The molecule has 0 spiro atoms. The van der Waals surface area contributed by atoms with Gasteiger partial charge in [-0.25, -0.2) is 9.97 Å². The molecule has 1 fully saturated rings. The molecule has 1 aromatic carbocycles. The van der Waals surface area contributed by atoms with Gasteiger partial charge >= 0.3 is 0 Å². The van der Waals surface area contributed by atoms with Crippen molar-refractivity contribution < 1.29 is 4.79 Å². The van der Waals surface area contributed by atoms with Crippen LogP contribution in [0.25, 0.3) is 11.0 Å². The fraction of sp³-hybridized carbons (Fsp3) is 0.348. The quantitative estimate of drug-likeness (QED) is 0.571. The molecule has 0 aliphatic carbocycles. The first-order chi connectivity index (χ1) is 15.2. The Balaban J connectivity index is 1.41. The van der Waals surface area contributed by atoms with Gasteiger partial charge in [-0.2, -0.15) is 0 Å². The molecule has 2 aliphatic heterocycles. The fourth-order valence-electron chi connectivity index (χ4n) is 4.39. The lowest BCUT2D eigenvalue weighted by Gasteiger charge is -2.29. The number of carbonyl (C=O) groups is 1. The summed E-state index contributed by atoms with van der Waals surface area (Å²) >= 11 is 1.60. The standard InChI is InChI=1S/C23H26N6OS/c1-15-12-25-21-19(15)22(27-14-26-21)29-10-11-31-18(13-29)23(30)28-20(17-8-5-9-24-17)16-6-3-2-4-7-16/h2-4,6-7,12-14,17,20,24H,5,8-11H2,1H3,(H,28,30)(H,25,26,27)/t17-,20?/m1/s1. The number of aryl methyl sites for hydroxylation is 1. The molecule has 8 heteroatoms. The maximum Gasteiger partial charge on any atom is 0.259 e. The molecule has 0 bridgehead atoms. The van der Waals surface area contributed by atoms with Crippen LogP contribution < -0.4 is 15.5 Å². The fourth-order valence-corrected chi connectivity index (χ4v) is 5.29. The summed E-state index contributed by atoms with van der Waals surface area (Å²) in [6.45, 7) is 3.83. The molecule has 4 heterocycles. The van der Waals surface area contributed by atoms with Crippen molar-refractivity contribution in [2.24, 2.45) is 0 Å². The summed E-state index contributed by atoms with van der Waals surface area (Å²) in [6.07, 6.45) is 7.64. The summed E-state index contributed by atoms with van der Waals surface area (Å²) < 4.78 is 0. The van der Waals surface area contributed by atoms with E-state index in [1.165, 1.54) is 0 Å². The van der Waals surface area contributed by atoms with Gasteiger partial charge in [0.15, 0.2) is 0 Å². The van der Waals surface area contributed by atoms with Crippen molar-refractivity contribution in [1.82, 2.24) is 25.6 Å². The lowest BCUT2D eigenvalue weighted by Crippen LogP contribution is -2.41. The molecule has 5 rings (SSSR count). The van der Waals surface area contributed by atoms with Gasteiger partial charge in [-0.1, -0.05) is 30.3 Å². The molecule has 31 heavy (non-hydrogen) atoms. The normalized spacial score (nSPS) is 20.0. The van der Waals surface area contributed by atoms with E-state index in [0.717, 1.165) is 59.7 Å². The second kappa shape index (κ2) is 8.72. The number of nitrogens with one attached hydrogen (secondary N) is 3. The molecule has 1 unspecified atom stereocenters. The van der Waals surface area contributed by atoms with Gasteiger partial charge in [0.25, 0.3) is 5.91 Å². The van der Waals surface area contributed by atoms with E-state index in [1.807, 2.05) is 37.5 Å². The highest BCUT2D eigenvalue weighted by Gasteiger charge is 2.29. The Labute approximate surface area is 185 Å². The van der Waals surface area contributed by atoms with Crippen molar-refractivity contribution in [1.29, 1.82) is 0 Å². The minimum atomic E-state index is -0.0502. The number of H-pyrrole nitrogens is 1. The largest absolute Gasteiger partial charge is 0.346 e. The number of rotatable bonds is 5. The van der Waals surface area contributed by atoms with Gasteiger partial charge in [0.1, 0.15) is 17.8 Å². The van der Waals surface area contributed by atoms with Crippen LogP contribution in [-0.4, -0.2) is 45.7 Å². The average Bonchev–Trinajstić information content (AvgIpc) is 3.48. The number of nitrogens with zero attached hydrogens (tertiary/aromatic N) is 3. The zero-order valence-corrected chi connectivity index (χ0v) is 18.3. The Kier molecular flexibility index (Phi) is 5.65.